The molecule has 1 rings (SSSR count). The summed E-state index contributed by atoms with van der Waals surface area (Å²) < 4.78 is 0.542. The van der Waals surface area contributed by atoms with Crippen LogP contribution in [0, 0.1) is 22.9 Å². The number of hydrogen-bond donors (Lipinski definition) is 1. The van der Waals surface area contributed by atoms with E-state index in [0.717, 1.165) is 17.7 Å². The van der Waals surface area contributed by atoms with E-state index in [0.29, 0.717) is 10.2 Å². The Kier molecular flexibility index (Phi) is 2.61. The van der Waals surface area contributed by atoms with Crippen molar-refractivity contribution in [2.45, 2.75) is 20.3 Å². The summed E-state index contributed by atoms with van der Waals surface area (Å²) in [4.78, 5) is 3.04. The van der Waals surface area contributed by atoms with Crippen LogP contribution in [0.15, 0.2) is 6.07 Å². The van der Waals surface area contributed by atoms with Gasteiger partial charge in [0.2, 0.25) is 0 Å². The Hall–Kier alpha value is -1.14. The van der Waals surface area contributed by atoms with Gasteiger partial charge in [-0.3, -0.25) is 0 Å². The highest BCUT2D eigenvalue weighted by Crippen LogP contribution is 2.09. The van der Waals surface area contributed by atoms with Gasteiger partial charge in [0.15, 0.2) is 0 Å². The molecule has 62 valence electrons. The molecule has 1 aromatic rings. The Morgan fingerprint density at radius 3 is 2.83 bits per heavy atom. The number of aromatic amines is 1. The number of hydrogen-bond acceptors (Lipinski definition) is 2. The van der Waals surface area contributed by atoms with Crippen LogP contribution in [-0.4, -0.2) is 4.98 Å². The van der Waals surface area contributed by atoms with E-state index in [1.54, 1.807) is 0 Å². The fraction of sp³-hybridized carbons (Fsp3) is 0.333. The summed E-state index contributed by atoms with van der Waals surface area (Å²) in [5.74, 6) is 0. The third-order valence-electron chi connectivity index (χ3n) is 1.82. The van der Waals surface area contributed by atoms with Gasteiger partial charge in [0.1, 0.15) is 10.7 Å². The van der Waals surface area contributed by atoms with Gasteiger partial charge in [-0.2, -0.15) is 5.26 Å². The lowest BCUT2D eigenvalue weighted by Gasteiger charge is -2.02. The molecule has 1 aromatic heterocycles. The van der Waals surface area contributed by atoms with Gasteiger partial charge in [-0.25, -0.2) is 0 Å². The van der Waals surface area contributed by atoms with Crippen molar-refractivity contribution >= 4 is 12.2 Å². The van der Waals surface area contributed by atoms with Crippen molar-refractivity contribution in [2.75, 3.05) is 0 Å². The highest BCUT2D eigenvalue weighted by atomic mass is 32.1. The van der Waals surface area contributed by atoms with Crippen LogP contribution < -0.4 is 0 Å². The number of nitrogens with one attached hydrogen (secondary N) is 1. The van der Waals surface area contributed by atoms with Gasteiger partial charge in [0.25, 0.3) is 0 Å². The van der Waals surface area contributed by atoms with Gasteiger partial charge in [0, 0.05) is 5.69 Å². The third kappa shape index (κ3) is 1.54. The molecule has 0 saturated heterocycles. The molecule has 0 bridgehead atoms. The molecule has 0 fully saturated rings. The first-order valence-electron chi connectivity index (χ1n) is 3.82. The summed E-state index contributed by atoms with van der Waals surface area (Å²) in [5, 5.41) is 8.67. The SMILES string of the molecule is CCc1[nH]c(=S)c(C#N)cc1C. The highest BCUT2D eigenvalue weighted by molar-refractivity contribution is 7.71. The smallest absolute Gasteiger partial charge is 0.121 e. The maximum atomic E-state index is 8.67. The van der Waals surface area contributed by atoms with Crippen molar-refractivity contribution in [1.82, 2.24) is 4.98 Å². The first kappa shape index (κ1) is 8.95. The zero-order chi connectivity index (χ0) is 9.14. The maximum Gasteiger partial charge on any atom is 0.121 e. The molecular formula is C9H10N2S. The van der Waals surface area contributed by atoms with Gasteiger partial charge >= 0.3 is 0 Å². The van der Waals surface area contributed by atoms with Crippen LogP contribution in [0.5, 0.6) is 0 Å². The molecule has 0 spiro atoms. The van der Waals surface area contributed by atoms with E-state index < -0.39 is 0 Å². The van der Waals surface area contributed by atoms with Crippen molar-refractivity contribution in [1.29, 1.82) is 5.26 Å². The average Bonchev–Trinajstić information content (AvgIpc) is 2.08. The van der Waals surface area contributed by atoms with E-state index in [9.17, 15) is 0 Å². The Labute approximate surface area is 76.9 Å². The van der Waals surface area contributed by atoms with Gasteiger partial charge in [-0.1, -0.05) is 19.1 Å². The minimum absolute atomic E-state index is 0.542. The molecule has 3 heteroatoms. The summed E-state index contributed by atoms with van der Waals surface area (Å²) in [6.45, 7) is 4.03. The van der Waals surface area contributed by atoms with Crippen LogP contribution in [0.3, 0.4) is 0 Å². The lowest BCUT2D eigenvalue weighted by Crippen LogP contribution is -1.94. The lowest BCUT2D eigenvalue weighted by atomic mass is 10.1. The summed E-state index contributed by atoms with van der Waals surface area (Å²) in [6, 6.07) is 3.88. The van der Waals surface area contributed by atoms with Gasteiger partial charge in [0.05, 0.1) is 5.56 Å². The summed E-state index contributed by atoms with van der Waals surface area (Å²) in [7, 11) is 0. The number of nitriles is 1. The van der Waals surface area contributed by atoms with Crippen LogP contribution in [0.2, 0.25) is 0 Å². The van der Waals surface area contributed by atoms with Crippen molar-refractivity contribution in [3.8, 4) is 6.07 Å². The predicted molar refractivity (Wildman–Crippen MR) is 50.5 cm³/mol. The Morgan fingerprint density at radius 2 is 2.33 bits per heavy atom. The quantitative estimate of drug-likeness (QED) is 0.671. The molecule has 0 aliphatic carbocycles. The molecule has 2 nitrogen and oxygen atoms in total. The Balaban J connectivity index is 3.39. The van der Waals surface area contributed by atoms with Gasteiger partial charge in [-0.15, -0.1) is 0 Å². The van der Waals surface area contributed by atoms with Crippen molar-refractivity contribution in [3.05, 3.63) is 27.5 Å². The third-order valence-corrected chi connectivity index (χ3v) is 2.14. The van der Waals surface area contributed by atoms with Gasteiger partial charge in [-0.05, 0) is 25.0 Å². The second-order valence-electron chi connectivity index (χ2n) is 2.64. The zero-order valence-corrected chi connectivity index (χ0v) is 7.96. The van der Waals surface area contributed by atoms with E-state index in [1.807, 2.05) is 13.0 Å². The molecule has 0 saturated carbocycles. The van der Waals surface area contributed by atoms with E-state index >= 15 is 0 Å². The van der Waals surface area contributed by atoms with E-state index in [4.69, 9.17) is 17.5 Å². The zero-order valence-electron chi connectivity index (χ0n) is 7.14. The molecule has 0 aliphatic rings. The number of H-pyrrole nitrogens is 1. The second kappa shape index (κ2) is 3.51. The molecule has 1 heterocycles. The van der Waals surface area contributed by atoms with E-state index in [1.165, 1.54) is 0 Å². The van der Waals surface area contributed by atoms with Crippen molar-refractivity contribution in [2.24, 2.45) is 0 Å². The first-order chi connectivity index (χ1) is 5.69. The lowest BCUT2D eigenvalue weighted by molar-refractivity contribution is 0.997. The first-order valence-corrected chi connectivity index (χ1v) is 4.22. The number of nitrogens with zero attached hydrogens (tertiary/aromatic N) is 1. The Morgan fingerprint density at radius 1 is 1.67 bits per heavy atom. The molecule has 0 atom stereocenters. The maximum absolute atomic E-state index is 8.67. The predicted octanol–water partition coefficient (Wildman–Crippen LogP) is 2.49. The van der Waals surface area contributed by atoms with Crippen molar-refractivity contribution in [3.63, 3.8) is 0 Å². The van der Waals surface area contributed by atoms with Crippen LogP contribution >= 0.6 is 12.2 Å². The summed E-state index contributed by atoms with van der Waals surface area (Å²) in [5.41, 5.74) is 2.77. The average molecular weight is 178 g/mol. The largest absolute Gasteiger partial charge is 0.349 e. The molecule has 0 unspecified atom stereocenters. The molecule has 12 heavy (non-hydrogen) atoms. The topological polar surface area (TPSA) is 39.6 Å². The molecular weight excluding hydrogens is 168 g/mol. The highest BCUT2D eigenvalue weighted by Gasteiger charge is 1.99. The number of aromatic nitrogens is 1. The number of rotatable bonds is 1. The number of aryl methyl sites for hydroxylation is 2. The van der Waals surface area contributed by atoms with E-state index in [2.05, 4.69) is 18.0 Å². The van der Waals surface area contributed by atoms with Gasteiger partial charge < -0.3 is 4.98 Å². The second-order valence-corrected chi connectivity index (χ2v) is 3.05. The van der Waals surface area contributed by atoms with Crippen LogP contribution in [0.1, 0.15) is 23.7 Å². The normalized spacial score (nSPS) is 9.42. The number of pyridine rings is 1. The molecule has 0 amide bonds. The molecule has 1 N–H and O–H groups in total. The molecule has 0 radical (unpaired) electrons. The summed E-state index contributed by atoms with van der Waals surface area (Å²) >= 11 is 4.99. The minimum atomic E-state index is 0.542. The standard InChI is InChI=1S/C9H10N2S/c1-3-8-6(2)4-7(5-10)9(12)11-8/h4H,3H2,1-2H3,(H,11,12). The fourth-order valence-electron chi connectivity index (χ4n) is 1.12. The molecule has 0 aromatic carbocycles. The van der Waals surface area contributed by atoms with Crippen LogP contribution in [0.25, 0.3) is 0 Å². The monoisotopic (exact) mass is 178 g/mol. The minimum Gasteiger partial charge on any atom is -0.349 e. The molecule has 0 aliphatic heterocycles. The summed E-state index contributed by atoms with van der Waals surface area (Å²) in [6.07, 6.45) is 0.918. The van der Waals surface area contributed by atoms with E-state index in [-0.39, 0.29) is 0 Å². The van der Waals surface area contributed by atoms with Crippen LogP contribution in [-0.2, 0) is 6.42 Å². The van der Waals surface area contributed by atoms with Crippen LogP contribution in [0.4, 0.5) is 0 Å². The fourth-order valence-corrected chi connectivity index (χ4v) is 1.35. The Bertz CT molecular complexity index is 384. The van der Waals surface area contributed by atoms with Crippen molar-refractivity contribution < 1.29 is 0 Å².